The van der Waals surface area contributed by atoms with Crippen LogP contribution in [0, 0.1) is 21.8 Å². The summed E-state index contributed by atoms with van der Waals surface area (Å²) in [6.45, 7) is 0.629. The van der Waals surface area contributed by atoms with Crippen LogP contribution >= 0.6 is 0 Å². The van der Waals surface area contributed by atoms with Crippen molar-refractivity contribution in [2.24, 2.45) is 5.92 Å². The number of rotatable bonds is 4. The Morgan fingerprint density at radius 3 is 2.78 bits per heavy atom. The van der Waals surface area contributed by atoms with Crippen molar-refractivity contribution in [1.29, 1.82) is 0 Å². The van der Waals surface area contributed by atoms with Crippen molar-refractivity contribution in [2.75, 3.05) is 18.5 Å². The van der Waals surface area contributed by atoms with E-state index in [1.54, 1.807) is 11.9 Å². The Morgan fingerprint density at radius 1 is 1.56 bits per heavy atom. The molecule has 0 aliphatic heterocycles. The predicted octanol–water partition coefficient (Wildman–Crippen LogP) is 1.94. The highest BCUT2D eigenvalue weighted by Crippen LogP contribution is 2.32. The molecule has 98 valence electrons. The Bertz CT molecular complexity index is 461. The highest BCUT2D eigenvalue weighted by Gasteiger charge is 2.29. The first kappa shape index (κ1) is 12.8. The van der Waals surface area contributed by atoms with E-state index in [-0.39, 0.29) is 11.8 Å². The molecule has 6 heteroatoms. The smallest absolute Gasteiger partial charge is 0.295 e. The predicted molar refractivity (Wildman–Crippen MR) is 65.1 cm³/mol. The summed E-state index contributed by atoms with van der Waals surface area (Å²) in [6.07, 6.45) is 1.20. The second kappa shape index (κ2) is 4.89. The first-order chi connectivity index (χ1) is 8.47. The second-order valence-corrected chi connectivity index (χ2v) is 4.76. The Hall–Kier alpha value is -1.69. The molecule has 1 saturated carbocycles. The molecule has 18 heavy (non-hydrogen) atoms. The molecule has 0 atom stereocenters. The number of hydrogen-bond acceptors (Lipinski definition) is 4. The van der Waals surface area contributed by atoms with E-state index in [0.717, 1.165) is 18.9 Å². The number of aliphatic hydroxyl groups is 1. The van der Waals surface area contributed by atoms with Crippen molar-refractivity contribution in [3.05, 3.63) is 34.1 Å². The minimum atomic E-state index is -0.613. The first-order valence-electron chi connectivity index (χ1n) is 5.80. The van der Waals surface area contributed by atoms with E-state index < -0.39 is 10.7 Å². The number of nitro groups is 1. The average molecular weight is 254 g/mol. The Labute approximate surface area is 104 Å². The normalized spacial score (nSPS) is 22.4. The molecule has 1 aliphatic rings. The molecule has 1 aromatic rings. The topological polar surface area (TPSA) is 66.6 Å². The molecule has 1 N–H and O–H groups in total. The zero-order valence-electron chi connectivity index (χ0n) is 10.0. The number of nitrogens with zero attached hydrogens (tertiary/aromatic N) is 2. The molecule has 0 radical (unpaired) electrons. The van der Waals surface area contributed by atoms with Crippen LogP contribution in [0.4, 0.5) is 15.8 Å². The van der Waals surface area contributed by atoms with Crippen LogP contribution < -0.4 is 4.90 Å². The van der Waals surface area contributed by atoms with Gasteiger partial charge < -0.3 is 10.0 Å². The Morgan fingerprint density at radius 2 is 2.22 bits per heavy atom. The van der Waals surface area contributed by atoms with E-state index in [1.807, 2.05) is 0 Å². The fourth-order valence-corrected chi connectivity index (χ4v) is 2.30. The average Bonchev–Trinajstić information content (AvgIpc) is 2.26. The van der Waals surface area contributed by atoms with E-state index in [1.165, 1.54) is 12.1 Å². The summed E-state index contributed by atoms with van der Waals surface area (Å²) in [6, 6.07) is 3.57. The van der Waals surface area contributed by atoms with Gasteiger partial charge in [-0.25, -0.2) is 4.39 Å². The molecular weight excluding hydrogens is 239 g/mol. The largest absolute Gasteiger partial charge is 0.393 e. The lowest BCUT2D eigenvalue weighted by Crippen LogP contribution is -2.37. The van der Waals surface area contributed by atoms with Gasteiger partial charge in [0.25, 0.3) is 5.69 Å². The van der Waals surface area contributed by atoms with Gasteiger partial charge in [-0.2, -0.15) is 0 Å². The molecule has 2 rings (SSSR count). The van der Waals surface area contributed by atoms with Crippen molar-refractivity contribution in [2.45, 2.75) is 18.9 Å². The fourth-order valence-electron chi connectivity index (χ4n) is 2.30. The summed E-state index contributed by atoms with van der Waals surface area (Å²) in [4.78, 5) is 12.0. The summed E-state index contributed by atoms with van der Waals surface area (Å²) >= 11 is 0. The summed E-state index contributed by atoms with van der Waals surface area (Å²) in [5.74, 6) is -0.271. The minimum absolute atomic E-state index is 0.225. The lowest BCUT2D eigenvalue weighted by molar-refractivity contribution is -0.384. The quantitative estimate of drug-likeness (QED) is 0.658. The molecule has 1 fully saturated rings. The molecule has 0 bridgehead atoms. The third-order valence-corrected chi connectivity index (χ3v) is 3.29. The third-order valence-electron chi connectivity index (χ3n) is 3.29. The van der Waals surface area contributed by atoms with E-state index in [0.29, 0.717) is 18.2 Å². The van der Waals surface area contributed by atoms with Gasteiger partial charge in [0.1, 0.15) is 11.5 Å². The molecule has 5 nitrogen and oxygen atoms in total. The maximum absolute atomic E-state index is 13.0. The zero-order valence-corrected chi connectivity index (χ0v) is 10.0. The first-order valence-corrected chi connectivity index (χ1v) is 5.80. The lowest BCUT2D eigenvalue weighted by Gasteiger charge is -2.35. The van der Waals surface area contributed by atoms with Crippen molar-refractivity contribution in [3.63, 3.8) is 0 Å². The zero-order chi connectivity index (χ0) is 13.3. The Balaban J connectivity index is 2.13. The number of anilines is 1. The van der Waals surface area contributed by atoms with Crippen molar-refractivity contribution in [1.82, 2.24) is 0 Å². The van der Waals surface area contributed by atoms with Crippen LogP contribution in [0.2, 0.25) is 0 Å². The van der Waals surface area contributed by atoms with Gasteiger partial charge in [0, 0.05) is 13.6 Å². The van der Waals surface area contributed by atoms with Gasteiger partial charge >= 0.3 is 0 Å². The van der Waals surface area contributed by atoms with Crippen LogP contribution in [0.15, 0.2) is 18.2 Å². The van der Waals surface area contributed by atoms with E-state index >= 15 is 0 Å². The lowest BCUT2D eigenvalue weighted by atomic mass is 9.82. The van der Waals surface area contributed by atoms with Gasteiger partial charge in [-0.15, -0.1) is 0 Å². The number of hydrogen-bond donors (Lipinski definition) is 1. The number of nitro benzene ring substituents is 1. The van der Waals surface area contributed by atoms with Gasteiger partial charge in [-0.1, -0.05) is 0 Å². The van der Waals surface area contributed by atoms with Gasteiger partial charge in [-0.3, -0.25) is 10.1 Å². The van der Waals surface area contributed by atoms with Gasteiger partial charge in [0.05, 0.1) is 17.1 Å². The summed E-state index contributed by atoms with van der Waals surface area (Å²) in [7, 11) is 1.74. The van der Waals surface area contributed by atoms with Crippen LogP contribution in [-0.4, -0.2) is 29.7 Å². The summed E-state index contributed by atoms with van der Waals surface area (Å²) in [5, 5.41) is 20.1. The Kier molecular flexibility index (Phi) is 3.47. The molecule has 0 saturated heterocycles. The van der Waals surface area contributed by atoms with Gasteiger partial charge in [0.15, 0.2) is 0 Å². The van der Waals surface area contributed by atoms with Crippen LogP contribution in [-0.2, 0) is 0 Å². The molecule has 0 aromatic heterocycles. The second-order valence-electron chi connectivity index (χ2n) is 4.76. The van der Waals surface area contributed by atoms with Crippen molar-refractivity contribution in [3.8, 4) is 0 Å². The van der Waals surface area contributed by atoms with Crippen LogP contribution in [0.3, 0.4) is 0 Å². The third kappa shape index (κ3) is 2.59. The van der Waals surface area contributed by atoms with Gasteiger partial charge in [0.2, 0.25) is 0 Å². The molecule has 0 unspecified atom stereocenters. The summed E-state index contributed by atoms with van der Waals surface area (Å²) in [5.41, 5.74) is 0.181. The molecule has 0 heterocycles. The number of benzene rings is 1. The summed E-state index contributed by atoms with van der Waals surface area (Å²) < 4.78 is 13.0. The van der Waals surface area contributed by atoms with E-state index in [4.69, 9.17) is 0 Å². The van der Waals surface area contributed by atoms with E-state index in [9.17, 15) is 19.6 Å². The van der Waals surface area contributed by atoms with Crippen molar-refractivity contribution < 1.29 is 14.4 Å². The van der Waals surface area contributed by atoms with Crippen LogP contribution in [0.1, 0.15) is 12.8 Å². The highest BCUT2D eigenvalue weighted by molar-refractivity contribution is 5.62. The van der Waals surface area contributed by atoms with Crippen LogP contribution in [0.25, 0.3) is 0 Å². The van der Waals surface area contributed by atoms with Crippen molar-refractivity contribution >= 4 is 11.4 Å². The van der Waals surface area contributed by atoms with Crippen LogP contribution in [0.5, 0.6) is 0 Å². The molecule has 1 aromatic carbocycles. The number of aliphatic hydroxyl groups excluding tert-OH is 1. The highest BCUT2D eigenvalue weighted by atomic mass is 19.1. The SMILES string of the molecule is CN(CC1CC(O)C1)c1ccc(F)cc1[N+](=O)[O-]. The minimum Gasteiger partial charge on any atom is -0.393 e. The monoisotopic (exact) mass is 254 g/mol. The number of halogens is 1. The molecule has 0 amide bonds. The maximum atomic E-state index is 13.0. The van der Waals surface area contributed by atoms with E-state index in [2.05, 4.69) is 0 Å². The molecule has 1 aliphatic carbocycles. The molecule has 0 spiro atoms. The fraction of sp³-hybridized carbons (Fsp3) is 0.500. The molecular formula is C12H15FN2O3. The standard InChI is InChI=1S/C12H15FN2O3/c1-14(7-8-4-10(16)5-8)11-3-2-9(13)6-12(11)15(17)18/h2-3,6,8,10,16H,4-5,7H2,1H3. The maximum Gasteiger partial charge on any atom is 0.295 e. The van der Waals surface area contributed by atoms with Gasteiger partial charge in [-0.05, 0) is 30.9 Å².